The van der Waals surface area contributed by atoms with E-state index in [2.05, 4.69) is 17.6 Å². The summed E-state index contributed by atoms with van der Waals surface area (Å²) in [5.74, 6) is -1.44. The number of methoxy groups -OCH3 is 1. The van der Waals surface area contributed by atoms with E-state index in [0.29, 0.717) is 6.42 Å². The van der Waals surface area contributed by atoms with Crippen LogP contribution in [0, 0.1) is 5.41 Å². The molecule has 5 atom stereocenters. The molecule has 0 unspecified atom stereocenters. The van der Waals surface area contributed by atoms with Gasteiger partial charge in [-0.3, -0.25) is 19.8 Å². The molecule has 11 nitrogen and oxygen atoms in total. The highest BCUT2D eigenvalue weighted by atomic mass is 16.6. The third-order valence-electron chi connectivity index (χ3n) is 5.00. The quantitative estimate of drug-likeness (QED) is 0.105. The van der Waals surface area contributed by atoms with Crippen LogP contribution < -0.4 is 16.4 Å². The van der Waals surface area contributed by atoms with Crippen LogP contribution in [0.2, 0.25) is 0 Å². The summed E-state index contributed by atoms with van der Waals surface area (Å²) in [6.45, 7) is 3.04. The summed E-state index contributed by atoms with van der Waals surface area (Å²) in [7, 11) is 1.31. The molecule has 0 spiro atoms. The third kappa shape index (κ3) is 9.23. The Morgan fingerprint density at radius 1 is 1.31 bits per heavy atom. The van der Waals surface area contributed by atoms with Crippen LogP contribution in [0.3, 0.4) is 0 Å². The van der Waals surface area contributed by atoms with E-state index in [4.69, 9.17) is 25.4 Å². The maximum atomic E-state index is 12.0. The second kappa shape index (κ2) is 14.4. The number of allylic oxidation sites excluding steroid dienone is 1. The molecule has 1 aliphatic rings. The molecule has 0 bridgehead atoms. The summed E-state index contributed by atoms with van der Waals surface area (Å²) >= 11 is 0. The van der Waals surface area contributed by atoms with Gasteiger partial charge in [0.2, 0.25) is 5.91 Å². The van der Waals surface area contributed by atoms with E-state index in [1.165, 1.54) is 20.1 Å². The first-order valence-electron chi connectivity index (χ1n) is 10.7. The van der Waals surface area contributed by atoms with Crippen molar-refractivity contribution in [3.05, 3.63) is 11.8 Å². The van der Waals surface area contributed by atoms with Gasteiger partial charge in [-0.1, -0.05) is 32.6 Å². The zero-order chi connectivity index (χ0) is 24.1. The van der Waals surface area contributed by atoms with Gasteiger partial charge >= 0.3 is 5.97 Å². The van der Waals surface area contributed by atoms with Crippen molar-refractivity contribution in [3.8, 4) is 0 Å². The van der Waals surface area contributed by atoms with Crippen molar-refractivity contribution in [2.24, 2.45) is 5.73 Å². The molecule has 11 heteroatoms. The molecule has 1 aliphatic heterocycles. The van der Waals surface area contributed by atoms with Crippen LogP contribution in [0.4, 0.5) is 0 Å². The molecular weight excluding hydrogens is 420 g/mol. The number of carbonyl (C=O) groups excluding carboxylic acids is 3. The number of nitrogens with two attached hydrogens (primary N) is 1. The summed E-state index contributed by atoms with van der Waals surface area (Å²) in [5, 5.41) is 23.4. The number of amides is 1. The minimum Gasteiger partial charge on any atom is -0.481 e. The largest absolute Gasteiger partial charge is 0.481 e. The molecule has 0 saturated carbocycles. The van der Waals surface area contributed by atoms with Crippen LogP contribution >= 0.6 is 0 Å². The molecular formula is C21H35N4O7. The fraction of sp³-hybridized carbons (Fsp3) is 0.714. The highest BCUT2D eigenvalue weighted by molar-refractivity contribution is 5.77. The second-order valence-electron chi connectivity index (χ2n) is 7.64. The Balaban J connectivity index is 2.84. The Labute approximate surface area is 188 Å². The Morgan fingerprint density at radius 3 is 2.56 bits per heavy atom. The molecule has 0 aromatic rings. The molecule has 1 rings (SSSR count). The van der Waals surface area contributed by atoms with Crippen LogP contribution in [0.25, 0.3) is 0 Å². The zero-order valence-electron chi connectivity index (χ0n) is 18.9. The van der Waals surface area contributed by atoms with Crippen LogP contribution in [0.1, 0.15) is 52.4 Å². The van der Waals surface area contributed by atoms with Gasteiger partial charge in [0, 0.05) is 20.5 Å². The van der Waals surface area contributed by atoms with Crippen molar-refractivity contribution in [3.63, 3.8) is 0 Å². The van der Waals surface area contributed by atoms with E-state index in [9.17, 15) is 19.5 Å². The molecule has 1 amide bonds. The lowest BCUT2D eigenvalue weighted by molar-refractivity contribution is -0.156. The van der Waals surface area contributed by atoms with Crippen molar-refractivity contribution in [1.29, 1.82) is 5.41 Å². The lowest BCUT2D eigenvalue weighted by Crippen LogP contribution is -2.64. The zero-order valence-corrected chi connectivity index (χ0v) is 18.9. The number of ether oxygens (including phenoxy) is 3. The third-order valence-corrected chi connectivity index (χ3v) is 5.00. The van der Waals surface area contributed by atoms with Gasteiger partial charge < -0.3 is 35.7 Å². The number of carbonyl (C=O) groups is 2. The Kier molecular flexibility index (Phi) is 12.3. The summed E-state index contributed by atoms with van der Waals surface area (Å²) < 4.78 is 16.1. The van der Waals surface area contributed by atoms with Crippen LogP contribution in [-0.2, 0) is 28.6 Å². The Morgan fingerprint density at radius 2 is 2.00 bits per heavy atom. The van der Waals surface area contributed by atoms with Crippen molar-refractivity contribution >= 4 is 24.1 Å². The summed E-state index contributed by atoms with van der Waals surface area (Å²) in [6, 6.07) is -1.66. The van der Waals surface area contributed by atoms with Gasteiger partial charge in [-0.25, -0.2) is 0 Å². The molecule has 0 aromatic heterocycles. The van der Waals surface area contributed by atoms with Crippen LogP contribution in [0.5, 0.6) is 0 Å². The fourth-order valence-corrected chi connectivity index (χ4v) is 3.51. The number of unbranched alkanes of at least 4 members (excludes halogenated alkanes) is 4. The minimum atomic E-state index is -1.31. The highest BCUT2D eigenvalue weighted by Crippen LogP contribution is 2.24. The van der Waals surface area contributed by atoms with E-state index >= 15 is 0 Å². The smallest absolute Gasteiger partial charge is 0.305 e. The molecule has 0 aliphatic carbocycles. The minimum absolute atomic E-state index is 0.200. The summed E-state index contributed by atoms with van der Waals surface area (Å²) in [6.07, 6.45) is 4.66. The van der Waals surface area contributed by atoms with Gasteiger partial charge in [0.05, 0.1) is 12.1 Å². The SMILES string of the molecule is CCCCCCCC(=O)OC[C@@H](O)[C@@H](OC)[C@@H]1OC([C]=O)=C[C@H](NC(=N)N)[C@H]1NC(C)=O. The van der Waals surface area contributed by atoms with Gasteiger partial charge in [-0.05, 0) is 12.5 Å². The predicted molar refractivity (Wildman–Crippen MR) is 116 cm³/mol. The van der Waals surface area contributed by atoms with Gasteiger partial charge in [-0.15, -0.1) is 0 Å². The van der Waals surface area contributed by atoms with E-state index in [-0.39, 0.29) is 18.8 Å². The molecule has 0 fully saturated rings. The van der Waals surface area contributed by atoms with Crippen LogP contribution in [0.15, 0.2) is 11.8 Å². The first kappa shape index (κ1) is 27.4. The lowest BCUT2D eigenvalue weighted by Gasteiger charge is -2.41. The Bertz CT molecular complexity index is 671. The number of rotatable bonds is 14. The maximum absolute atomic E-state index is 12.0. The number of esters is 1. The standard InChI is InChI=1S/C21H35N4O7/c1-4-5-6-7-8-9-17(29)31-12-16(28)19(30-3)20-18(24-13(2)27)15(25-21(22)23)10-14(11-26)32-20/h10,15-16,18-20,28H,4-9,12H2,1-3H3,(H,24,27)(H4,22,23,25)/t15-,16+,18+,19+,20+/m0/s1. The van der Waals surface area contributed by atoms with Crippen molar-refractivity contribution in [2.75, 3.05) is 13.7 Å². The number of hydrogen-bond acceptors (Lipinski definition) is 8. The number of guanidine groups is 1. The van der Waals surface area contributed by atoms with E-state index in [1.54, 1.807) is 6.29 Å². The van der Waals surface area contributed by atoms with Gasteiger partial charge in [0.15, 0.2) is 11.7 Å². The molecule has 1 radical (unpaired) electrons. The summed E-state index contributed by atoms with van der Waals surface area (Å²) in [4.78, 5) is 35.0. The maximum Gasteiger partial charge on any atom is 0.305 e. The number of aliphatic hydroxyl groups excluding tert-OH is 1. The van der Waals surface area contributed by atoms with Gasteiger partial charge in [-0.2, -0.15) is 0 Å². The number of hydrogen-bond donors (Lipinski definition) is 5. The highest BCUT2D eigenvalue weighted by Gasteiger charge is 2.44. The first-order valence-corrected chi connectivity index (χ1v) is 10.7. The van der Waals surface area contributed by atoms with Crippen molar-refractivity contribution in [1.82, 2.24) is 10.6 Å². The predicted octanol–water partition coefficient (Wildman–Crippen LogP) is 0.0148. The van der Waals surface area contributed by atoms with Gasteiger partial charge in [0.25, 0.3) is 6.29 Å². The number of nitrogens with one attached hydrogen (secondary N) is 3. The number of aliphatic hydroxyl groups is 1. The van der Waals surface area contributed by atoms with E-state index in [1.807, 2.05) is 0 Å². The Hall–Kier alpha value is -2.66. The lowest BCUT2D eigenvalue weighted by atomic mass is 9.92. The molecule has 32 heavy (non-hydrogen) atoms. The molecule has 0 saturated heterocycles. The average molecular weight is 456 g/mol. The topological polar surface area (TPSA) is 173 Å². The van der Waals surface area contributed by atoms with E-state index in [0.717, 1.165) is 25.7 Å². The second-order valence-corrected chi connectivity index (χ2v) is 7.64. The monoisotopic (exact) mass is 455 g/mol. The molecule has 6 N–H and O–H groups in total. The first-order chi connectivity index (χ1) is 15.2. The molecule has 0 aromatic carbocycles. The van der Waals surface area contributed by atoms with Crippen LogP contribution in [-0.4, -0.2) is 73.3 Å². The van der Waals surface area contributed by atoms with Crippen molar-refractivity contribution in [2.45, 2.75) is 82.8 Å². The average Bonchev–Trinajstić information content (AvgIpc) is 2.73. The van der Waals surface area contributed by atoms with Crippen molar-refractivity contribution < 1.29 is 33.7 Å². The molecule has 181 valence electrons. The fourth-order valence-electron chi connectivity index (χ4n) is 3.51. The normalized spacial score (nSPS) is 22.0. The summed E-state index contributed by atoms with van der Waals surface area (Å²) in [5.41, 5.74) is 5.42. The van der Waals surface area contributed by atoms with Gasteiger partial charge in [0.1, 0.15) is 24.9 Å². The molecule has 1 heterocycles. The van der Waals surface area contributed by atoms with E-state index < -0.39 is 48.2 Å².